The molecule has 1 aliphatic carbocycles. The van der Waals surface area contributed by atoms with E-state index in [1.807, 2.05) is 41.0 Å². The molecule has 7 nitrogen and oxygen atoms in total. The zero-order chi connectivity index (χ0) is 23.9. The average molecular weight is 483 g/mol. The fraction of sp³-hybridized carbons (Fsp3) is 0.385. The van der Waals surface area contributed by atoms with Gasteiger partial charge >= 0.3 is 5.97 Å². The summed E-state index contributed by atoms with van der Waals surface area (Å²) < 4.78 is 21.9. The van der Waals surface area contributed by atoms with E-state index in [1.54, 1.807) is 17.0 Å². The first-order chi connectivity index (χ1) is 16.3. The lowest BCUT2D eigenvalue weighted by molar-refractivity contribution is -0.131. The van der Waals surface area contributed by atoms with Crippen LogP contribution in [0.3, 0.4) is 0 Å². The number of carbonyl (C=O) groups is 2. The molecule has 1 saturated heterocycles. The lowest BCUT2D eigenvalue weighted by Gasteiger charge is -2.41. The maximum Gasteiger partial charge on any atom is 0.335 e. The van der Waals surface area contributed by atoms with Crippen molar-refractivity contribution in [3.63, 3.8) is 0 Å². The number of aromatic nitrogens is 1. The van der Waals surface area contributed by atoms with Gasteiger partial charge in [0.25, 0.3) is 0 Å². The van der Waals surface area contributed by atoms with Gasteiger partial charge in [-0.25, -0.2) is 4.79 Å². The minimum Gasteiger partial charge on any atom is -0.478 e. The SMILES string of the molecule is O=C(O)c1ccc2c(c1)c(C1CCCC1)c(-c1ccccc1)n2CC(=O)N1CCS(O)(O)CC1. The van der Waals surface area contributed by atoms with E-state index in [0.29, 0.717) is 19.0 Å². The normalized spacial score (nSPS) is 19.4. The fourth-order valence-corrected chi connectivity index (χ4v) is 6.65. The maximum atomic E-state index is 13.4. The van der Waals surface area contributed by atoms with E-state index in [2.05, 4.69) is 0 Å². The van der Waals surface area contributed by atoms with Gasteiger partial charge in [0, 0.05) is 24.0 Å². The van der Waals surface area contributed by atoms with Crippen molar-refractivity contribution in [2.24, 2.45) is 0 Å². The molecular formula is C26H30N2O5S. The van der Waals surface area contributed by atoms with E-state index in [0.717, 1.165) is 53.4 Å². The van der Waals surface area contributed by atoms with Crippen LogP contribution in [0.5, 0.6) is 0 Å². The second-order valence-electron chi connectivity index (χ2n) is 9.32. The van der Waals surface area contributed by atoms with Crippen LogP contribution in [0.15, 0.2) is 48.5 Å². The molecule has 0 unspecified atom stereocenters. The molecule has 2 heterocycles. The Bertz CT molecular complexity index is 1220. The highest BCUT2D eigenvalue weighted by Gasteiger charge is 2.30. The van der Waals surface area contributed by atoms with Gasteiger partial charge in [0.1, 0.15) is 6.54 Å². The summed E-state index contributed by atoms with van der Waals surface area (Å²) in [4.78, 5) is 26.8. The third-order valence-corrected chi connectivity index (χ3v) is 8.86. The van der Waals surface area contributed by atoms with Gasteiger partial charge in [-0.15, -0.1) is 0 Å². The van der Waals surface area contributed by atoms with Gasteiger partial charge < -0.3 is 14.6 Å². The quantitative estimate of drug-likeness (QED) is 0.460. The summed E-state index contributed by atoms with van der Waals surface area (Å²) in [5, 5.41) is 10.6. The Hall–Kier alpha value is -2.81. The number of carbonyl (C=O) groups excluding carboxylic acids is 1. The Balaban J connectivity index is 1.65. The molecule has 2 fully saturated rings. The molecule has 0 atom stereocenters. The third-order valence-electron chi connectivity index (χ3n) is 7.18. The highest BCUT2D eigenvalue weighted by atomic mass is 32.3. The van der Waals surface area contributed by atoms with Crippen LogP contribution in [-0.4, -0.2) is 60.2 Å². The van der Waals surface area contributed by atoms with E-state index in [4.69, 9.17) is 0 Å². The van der Waals surface area contributed by atoms with Crippen molar-refractivity contribution < 1.29 is 23.8 Å². The van der Waals surface area contributed by atoms with Gasteiger partial charge in [0.2, 0.25) is 5.91 Å². The van der Waals surface area contributed by atoms with Gasteiger partial charge in [0.05, 0.1) is 22.8 Å². The van der Waals surface area contributed by atoms with Gasteiger partial charge in [0.15, 0.2) is 0 Å². The first-order valence-corrected chi connectivity index (χ1v) is 13.7. The molecule has 1 aliphatic heterocycles. The minimum atomic E-state index is -2.58. The summed E-state index contributed by atoms with van der Waals surface area (Å²) in [6, 6.07) is 15.2. The molecule has 0 bridgehead atoms. The van der Waals surface area contributed by atoms with Crippen molar-refractivity contribution in [2.75, 3.05) is 24.6 Å². The Morgan fingerprint density at radius 3 is 2.29 bits per heavy atom. The molecule has 5 rings (SSSR count). The van der Waals surface area contributed by atoms with E-state index >= 15 is 0 Å². The molecule has 3 N–H and O–H groups in total. The molecule has 2 aromatic carbocycles. The van der Waals surface area contributed by atoms with Crippen molar-refractivity contribution in [2.45, 2.75) is 38.1 Å². The van der Waals surface area contributed by atoms with Crippen LogP contribution < -0.4 is 0 Å². The molecule has 3 aromatic rings. The highest BCUT2D eigenvalue weighted by molar-refractivity contribution is 8.24. The number of carboxylic acids is 1. The monoisotopic (exact) mass is 482 g/mol. The molecule has 2 aliphatic rings. The van der Waals surface area contributed by atoms with Crippen LogP contribution in [0, 0.1) is 0 Å². The molecular weight excluding hydrogens is 452 g/mol. The Morgan fingerprint density at radius 2 is 1.65 bits per heavy atom. The number of rotatable bonds is 5. The van der Waals surface area contributed by atoms with Crippen molar-refractivity contribution in [3.05, 3.63) is 59.7 Å². The lowest BCUT2D eigenvalue weighted by Crippen LogP contribution is -2.43. The number of fused-ring (bicyclic) bond motifs is 1. The molecule has 1 aromatic heterocycles. The number of aromatic carboxylic acids is 1. The predicted octanol–water partition coefficient (Wildman–Crippen LogP) is 5.26. The second kappa shape index (κ2) is 9.09. The molecule has 8 heteroatoms. The van der Waals surface area contributed by atoms with Crippen LogP contribution in [0.2, 0.25) is 0 Å². The summed E-state index contributed by atoms with van der Waals surface area (Å²) in [5.41, 5.74) is 4.25. The molecule has 1 saturated carbocycles. The zero-order valence-corrected chi connectivity index (χ0v) is 19.8. The highest BCUT2D eigenvalue weighted by Crippen LogP contribution is 2.45. The van der Waals surface area contributed by atoms with E-state index < -0.39 is 16.6 Å². The van der Waals surface area contributed by atoms with Gasteiger partial charge in [-0.3, -0.25) is 13.9 Å². The molecule has 1 amide bonds. The molecule has 34 heavy (non-hydrogen) atoms. The summed E-state index contributed by atoms with van der Waals surface area (Å²) >= 11 is 0. The van der Waals surface area contributed by atoms with Gasteiger partial charge in [-0.2, -0.15) is 10.6 Å². The zero-order valence-electron chi connectivity index (χ0n) is 19.0. The van der Waals surface area contributed by atoms with Crippen molar-refractivity contribution in [3.8, 4) is 11.3 Å². The Morgan fingerprint density at radius 1 is 0.971 bits per heavy atom. The first-order valence-electron chi connectivity index (χ1n) is 11.8. The summed E-state index contributed by atoms with van der Waals surface area (Å²) in [5.74, 6) is -0.278. The summed E-state index contributed by atoms with van der Waals surface area (Å²) in [7, 11) is -2.58. The Labute approximate surface area is 200 Å². The minimum absolute atomic E-state index is 0.0655. The average Bonchev–Trinajstić information content (AvgIpc) is 3.45. The van der Waals surface area contributed by atoms with E-state index in [1.165, 1.54) is 0 Å². The maximum absolute atomic E-state index is 13.4. The van der Waals surface area contributed by atoms with Crippen molar-refractivity contribution in [1.29, 1.82) is 0 Å². The number of nitrogens with zero attached hydrogens (tertiary/aromatic N) is 2. The van der Waals surface area contributed by atoms with Gasteiger partial charge in [-0.1, -0.05) is 43.2 Å². The molecule has 0 radical (unpaired) electrons. The van der Waals surface area contributed by atoms with Crippen LogP contribution in [-0.2, 0) is 11.3 Å². The second-order valence-corrected chi connectivity index (χ2v) is 11.7. The standard InChI is InChI=1S/C26H30N2O5S/c29-23(27-12-14-34(32,33)15-13-27)17-28-22-11-10-20(26(30)31)16-21(22)24(18-6-4-5-7-18)25(28)19-8-2-1-3-9-19/h1-3,8-11,16,18,32-33H,4-7,12-15,17H2,(H,30,31). The number of amides is 1. The van der Waals surface area contributed by atoms with E-state index in [9.17, 15) is 23.8 Å². The number of carboxylic acid groups (broad SMARTS) is 1. The lowest BCUT2D eigenvalue weighted by atomic mass is 9.91. The van der Waals surface area contributed by atoms with Crippen molar-refractivity contribution in [1.82, 2.24) is 9.47 Å². The number of hydrogen-bond donors (Lipinski definition) is 3. The Kier molecular flexibility index (Phi) is 6.14. The van der Waals surface area contributed by atoms with Crippen LogP contribution in [0.4, 0.5) is 0 Å². The van der Waals surface area contributed by atoms with Gasteiger partial charge in [-0.05, 0) is 48.1 Å². The third kappa shape index (κ3) is 4.33. The fourth-order valence-electron chi connectivity index (χ4n) is 5.42. The number of benzene rings is 2. The largest absolute Gasteiger partial charge is 0.478 e. The molecule has 0 spiro atoms. The first kappa shape index (κ1) is 23.0. The van der Waals surface area contributed by atoms with E-state index in [-0.39, 0.29) is 29.5 Å². The van der Waals surface area contributed by atoms with Crippen LogP contribution >= 0.6 is 10.6 Å². The molecule has 180 valence electrons. The van der Waals surface area contributed by atoms with Crippen LogP contribution in [0.1, 0.15) is 47.5 Å². The van der Waals surface area contributed by atoms with Crippen LogP contribution in [0.25, 0.3) is 22.2 Å². The predicted molar refractivity (Wildman–Crippen MR) is 135 cm³/mol. The summed E-state index contributed by atoms with van der Waals surface area (Å²) in [6.07, 6.45) is 4.38. The number of hydrogen-bond acceptors (Lipinski definition) is 4. The topological polar surface area (TPSA) is 103 Å². The van der Waals surface area contributed by atoms with Crippen molar-refractivity contribution >= 4 is 33.4 Å². The summed E-state index contributed by atoms with van der Waals surface area (Å²) in [6.45, 7) is 0.790. The smallest absolute Gasteiger partial charge is 0.335 e.